The topological polar surface area (TPSA) is 131 Å². The van der Waals surface area contributed by atoms with Gasteiger partial charge in [0.25, 0.3) is 0 Å². The zero-order chi connectivity index (χ0) is 36.5. The zero-order valence-corrected chi connectivity index (χ0v) is 33.0. The van der Waals surface area contributed by atoms with E-state index in [1.54, 1.807) is 0 Å². The molecule has 0 radical (unpaired) electrons. The Morgan fingerprint density at radius 2 is 0.959 bits per heavy atom. The second-order valence-electron chi connectivity index (χ2n) is 14.6. The van der Waals surface area contributed by atoms with Crippen molar-refractivity contribution in [3.8, 4) is 0 Å². The van der Waals surface area contributed by atoms with Crippen LogP contribution in [-0.4, -0.2) is 41.5 Å². The highest BCUT2D eigenvalue weighted by Crippen LogP contribution is 2.44. The fourth-order valence-corrected chi connectivity index (χ4v) is 7.56. The lowest BCUT2D eigenvalue weighted by atomic mass is 9.64. The van der Waals surface area contributed by atoms with Crippen molar-refractivity contribution in [3.05, 3.63) is 71.8 Å². The number of hydrogen-bond acceptors (Lipinski definition) is 7. The number of aliphatic hydroxyl groups excluding tert-OH is 1. The Morgan fingerprint density at radius 3 is 1.31 bits per heavy atom. The van der Waals surface area contributed by atoms with Crippen LogP contribution in [-0.2, 0) is 4.31 Å². The zero-order valence-electron chi connectivity index (χ0n) is 31.2. The lowest BCUT2D eigenvalue weighted by Crippen LogP contribution is -2.53. The SMILES string of the molecule is CCCCCCCCCCC(O)(CCCCCCCCCC(c1ccccc1)c1ccccc1)C(C)(C)C(O)C(C)C.OP(O)OP(O)O. The molecule has 0 aliphatic rings. The van der Waals surface area contributed by atoms with Crippen LogP contribution in [0.15, 0.2) is 60.7 Å². The van der Waals surface area contributed by atoms with E-state index < -0.39 is 34.3 Å². The van der Waals surface area contributed by atoms with Crippen LogP contribution in [0.4, 0.5) is 0 Å². The van der Waals surface area contributed by atoms with Gasteiger partial charge in [0.1, 0.15) is 0 Å². The average molecular weight is 725 g/mol. The van der Waals surface area contributed by atoms with E-state index in [-0.39, 0.29) is 5.92 Å². The van der Waals surface area contributed by atoms with E-state index in [0.717, 1.165) is 25.7 Å². The molecule has 282 valence electrons. The molecule has 2 atom stereocenters. The first-order valence-electron chi connectivity index (χ1n) is 18.9. The first-order chi connectivity index (χ1) is 23.4. The van der Waals surface area contributed by atoms with E-state index in [1.807, 2.05) is 0 Å². The molecule has 6 N–H and O–H groups in total. The van der Waals surface area contributed by atoms with Crippen LogP contribution in [0.2, 0.25) is 0 Å². The molecule has 0 bridgehead atoms. The molecule has 0 saturated heterocycles. The Kier molecular flexibility index (Phi) is 25.1. The molecule has 2 rings (SSSR count). The second kappa shape index (κ2) is 26.7. The molecule has 2 aromatic rings. The Bertz CT molecular complexity index is 994. The molecule has 2 unspecified atom stereocenters. The molecular weight excluding hydrogens is 654 g/mol. The van der Waals surface area contributed by atoms with Gasteiger partial charge in [-0.25, -0.2) is 4.31 Å². The van der Waals surface area contributed by atoms with Crippen molar-refractivity contribution >= 4 is 17.2 Å². The highest BCUT2D eigenvalue weighted by molar-refractivity contribution is 7.53. The van der Waals surface area contributed by atoms with Crippen LogP contribution in [0, 0.1) is 11.3 Å². The van der Waals surface area contributed by atoms with Crippen molar-refractivity contribution in [2.75, 3.05) is 0 Å². The van der Waals surface area contributed by atoms with Gasteiger partial charge in [-0.1, -0.05) is 192 Å². The largest absolute Gasteiger partial charge is 0.392 e. The summed E-state index contributed by atoms with van der Waals surface area (Å²) in [5.41, 5.74) is 1.54. The molecule has 9 heteroatoms. The molecular formula is C40H70O7P2. The predicted molar refractivity (Wildman–Crippen MR) is 207 cm³/mol. The quantitative estimate of drug-likeness (QED) is 0.0420. The Morgan fingerprint density at radius 1 is 0.592 bits per heavy atom. The molecule has 0 heterocycles. The van der Waals surface area contributed by atoms with Crippen LogP contribution >= 0.6 is 17.2 Å². The maximum Gasteiger partial charge on any atom is 0.334 e. The molecule has 0 aliphatic carbocycles. The van der Waals surface area contributed by atoms with Crippen molar-refractivity contribution in [2.45, 2.75) is 168 Å². The van der Waals surface area contributed by atoms with Gasteiger partial charge in [-0.15, -0.1) is 0 Å². The van der Waals surface area contributed by atoms with Gasteiger partial charge in [0.2, 0.25) is 0 Å². The van der Waals surface area contributed by atoms with Gasteiger partial charge >= 0.3 is 17.2 Å². The molecule has 2 aromatic carbocycles. The van der Waals surface area contributed by atoms with E-state index in [1.165, 1.54) is 101 Å². The van der Waals surface area contributed by atoms with E-state index in [0.29, 0.717) is 5.92 Å². The van der Waals surface area contributed by atoms with Crippen LogP contribution in [0.5, 0.6) is 0 Å². The van der Waals surface area contributed by atoms with Gasteiger partial charge in [0.05, 0.1) is 11.7 Å². The molecule has 0 fully saturated rings. The number of benzene rings is 2. The first-order valence-corrected chi connectivity index (χ1v) is 21.2. The van der Waals surface area contributed by atoms with E-state index >= 15 is 0 Å². The van der Waals surface area contributed by atoms with Crippen LogP contribution in [0.1, 0.15) is 167 Å². The van der Waals surface area contributed by atoms with Crippen LogP contribution in [0.25, 0.3) is 0 Å². The summed E-state index contributed by atoms with van der Waals surface area (Å²) in [6.45, 7) is 10.6. The van der Waals surface area contributed by atoms with Crippen LogP contribution in [0.3, 0.4) is 0 Å². The second-order valence-corrected chi connectivity index (χ2v) is 16.3. The maximum absolute atomic E-state index is 12.0. The highest BCUT2D eigenvalue weighted by Gasteiger charge is 2.47. The average Bonchev–Trinajstić information content (AvgIpc) is 3.06. The predicted octanol–water partition coefficient (Wildman–Crippen LogP) is 11.1. The number of rotatable bonds is 26. The standard InChI is InChI=1S/C40H66O2.H4O5P2/c1-6-7-8-9-10-13-16-25-32-40(42,39(4,5)38(41)34(2)3)33-26-17-14-11-12-15-24-31-37(35-27-20-18-21-28-35)36-29-22-19-23-30-36;1-6(2)5-7(3)4/h18-23,27-30,34,37-38,41-42H,6-17,24-26,31-33H2,1-5H3;1-4H. The van der Waals surface area contributed by atoms with Gasteiger partial charge in [-0.2, -0.15) is 0 Å². The molecule has 0 saturated carbocycles. The van der Waals surface area contributed by atoms with Crippen LogP contribution < -0.4 is 0 Å². The minimum atomic E-state index is -2.61. The van der Waals surface area contributed by atoms with E-state index in [2.05, 4.69) is 99.6 Å². The van der Waals surface area contributed by atoms with Crippen molar-refractivity contribution in [2.24, 2.45) is 11.3 Å². The lowest BCUT2D eigenvalue weighted by Gasteiger charge is -2.47. The summed E-state index contributed by atoms with van der Waals surface area (Å²) < 4.78 is 3.60. The molecule has 0 aromatic heterocycles. The van der Waals surface area contributed by atoms with Gasteiger partial charge in [0, 0.05) is 11.3 Å². The fraction of sp³-hybridized carbons (Fsp3) is 0.700. The summed E-state index contributed by atoms with van der Waals surface area (Å²) in [4.78, 5) is 31.3. The van der Waals surface area contributed by atoms with Crippen molar-refractivity contribution in [1.82, 2.24) is 0 Å². The Balaban J connectivity index is 0.00000154. The normalized spacial score (nSPS) is 13.9. The van der Waals surface area contributed by atoms with Gasteiger partial charge in [-0.3, -0.25) is 0 Å². The Labute approximate surface area is 301 Å². The number of hydrogen-bond donors (Lipinski definition) is 6. The fourth-order valence-electron chi connectivity index (χ4n) is 7.04. The molecule has 0 spiro atoms. The summed E-state index contributed by atoms with van der Waals surface area (Å²) in [6, 6.07) is 21.9. The third-order valence-corrected chi connectivity index (χ3v) is 11.3. The van der Waals surface area contributed by atoms with Gasteiger partial charge in [-0.05, 0) is 36.3 Å². The summed E-state index contributed by atoms with van der Waals surface area (Å²) >= 11 is 0. The van der Waals surface area contributed by atoms with Crippen molar-refractivity contribution in [1.29, 1.82) is 0 Å². The lowest BCUT2D eigenvalue weighted by molar-refractivity contribution is -0.148. The van der Waals surface area contributed by atoms with Gasteiger partial charge < -0.3 is 29.8 Å². The Hall–Kier alpha value is -0.980. The maximum atomic E-state index is 12.0. The van der Waals surface area contributed by atoms with Gasteiger partial charge in [0.15, 0.2) is 0 Å². The minimum absolute atomic E-state index is 0.147. The van der Waals surface area contributed by atoms with E-state index in [9.17, 15) is 10.2 Å². The third kappa shape index (κ3) is 19.4. The number of unbranched alkanes of at least 4 members (excludes halogenated alkanes) is 13. The monoisotopic (exact) mass is 724 g/mol. The number of aliphatic hydroxyl groups is 2. The highest BCUT2D eigenvalue weighted by atomic mass is 31.2. The molecule has 49 heavy (non-hydrogen) atoms. The molecule has 0 amide bonds. The minimum Gasteiger partial charge on any atom is -0.392 e. The summed E-state index contributed by atoms with van der Waals surface area (Å²) in [6.07, 6.45) is 21.1. The first kappa shape index (κ1) is 46.0. The third-order valence-electron chi connectivity index (χ3n) is 10.1. The van der Waals surface area contributed by atoms with E-state index in [4.69, 9.17) is 19.6 Å². The smallest absolute Gasteiger partial charge is 0.334 e. The molecule has 0 aliphatic heterocycles. The summed E-state index contributed by atoms with van der Waals surface area (Å²) in [5, 5.41) is 23.0. The summed E-state index contributed by atoms with van der Waals surface area (Å²) in [7, 11) is -5.22. The summed E-state index contributed by atoms with van der Waals surface area (Å²) in [5.74, 6) is 0.629. The molecule has 7 nitrogen and oxygen atoms in total. The van der Waals surface area contributed by atoms with Crippen molar-refractivity contribution in [3.63, 3.8) is 0 Å². The van der Waals surface area contributed by atoms with Crippen molar-refractivity contribution < 1.29 is 34.1 Å².